The number of hydrazone groups is 1. The molecule has 9 nitrogen and oxygen atoms in total. The molecule has 0 aliphatic heterocycles. The first kappa shape index (κ1) is 19.8. The molecule has 0 fully saturated rings. The molecular formula is C17H13BrClN5O4. The van der Waals surface area contributed by atoms with Crippen molar-refractivity contribution >= 4 is 45.5 Å². The van der Waals surface area contributed by atoms with E-state index in [2.05, 4.69) is 31.6 Å². The molecule has 0 saturated carbocycles. The molecule has 0 spiro atoms. The molecule has 3 rings (SSSR count). The fourth-order valence-electron chi connectivity index (χ4n) is 2.32. The van der Waals surface area contributed by atoms with Crippen LogP contribution in [0.15, 0.2) is 50.4 Å². The summed E-state index contributed by atoms with van der Waals surface area (Å²) in [5.74, 6) is -0.519. The number of carbonyl (C=O) groups is 1. The lowest BCUT2D eigenvalue weighted by molar-refractivity contribution is -0.389. The fraction of sp³-hybridized carbons (Fsp3) is 0.118. The van der Waals surface area contributed by atoms with Crippen molar-refractivity contribution in [2.45, 2.75) is 13.5 Å². The van der Waals surface area contributed by atoms with Gasteiger partial charge in [0.05, 0.1) is 17.0 Å². The third-order valence-corrected chi connectivity index (χ3v) is 4.64. The molecule has 0 aliphatic rings. The molecule has 0 unspecified atom stereocenters. The highest BCUT2D eigenvalue weighted by Crippen LogP contribution is 2.27. The SMILES string of the molecule is Cc1c(Cl)c([N+](=O)[O-])nn1Cc1ccc(C(=O)N/N=C\c2cccc(Br)c2)o1. The monoisotopic (exact) mass is 465 g/mol. The molecule has 0 bridgehead atoms. The van der Waals surface area contributed by atoms with Crippen LogP contribution in [0.25, 0.3) is 0 Å². The van der Waals surface area contributed by atoms with Gasteiger partial charge in [-0.25, -0.2) is 5.43 Å². The molecule has 3 aromatic rings. The van der Waals surface area contributed by atoms with E-state index in [-0.39, 0.29) is 17.3 Å². The lowest BCUT2D eigenvalue weighted by Gasteiger charge is -1.98. The molecule has 0 aliphatic carbocycles. The first-order valence-electron chi connectivity index (χ1n) is 7.90. The van der Waals surface area contributed by atoms with Gasteiger partial charge in [-0.15, -0.1) is 0 Å². The first-order valence-corrected chi connectivity index (χ1v) is 9.07. The van der Waals surface area contributed by atoms with Crippen molar-refractivity contribution < 1.29 is 14.1 Å². The Hall–Kier alpha value is -2.98. The van der Waals surface area contributed by atoms with Crippen molar-refractivity contribution in [3.8, 4) is 0 Å². The Labute approximate surface area is 172 Å². The van der Waals surface area contributed by atoms with Crippen LogP contribution < -0.4 is 5.43 Å². The summed E-state index contributed by atoms with van der Waals surface area (Å²) in [4.78, 5) is 22.4. The van der Waals surface area contributed by atoms with Crippen LogP contribution in [0.1, 0.15) is 27.6 Å². The Kier molecular flexibility index (Phi) is 5.90. The van der Waals surface area contributed by atoms with Crippen molar-refractivity contribution in [1.29, 1.82) is 0 Å². The number of hydrogen-bond acceptors (Lipinski definition) is 6. The van der Waals surface area contributed by atoms with Gasteiger partial charge >= 0.3 is 11.7 Å². The lowest BCUT2D eigenvalue weighted by atomic mass is 10.2. The number of aromatic nitrogens is 2. The van der Waals surface area contributed by atoms with Crippen LogP contribution >= 0.6 is 27.5 Å². The van der Waals surface area contributed by atoms with E-state index >= 15 is 0 Å². The van der Waals surface area contributed by atoms with Crippen LogP contribution in [0, 0.1) is 17.0 Å². The van der Waals surface area contributed by atoms with E-state index in [0.29, 0.717) is 11.5 Å². The Balaban J connectivity index is 1.66. The highest BCUT2D eigenvalue weighted by atomic mass is 79.9. The van der Waals surface area contributed by atoms with E-state index in [0.717, 1.165) is 10.0 Å². The van der Waals surface area contributed by atoms with Gasteiger partial charge in [0.25, 0.3) is 0 Å². The van der Waals surface area contributed by atoms with Gasteiger partial charge in [-0.1, -0.05) is 39.7 Å². The van der Waals surface area contributed by atoms with Crippen molar-refractivity contribution in [2.24, 2.45) is 5.10 Å². The summed E-state index contributed by atoms with van der Waals surface area (Å²) in [6, 6.07) is 10.5. The maximum Gasteiger partial charge on any atom is 0.408 e. The predicted molar refractivity (Wildman–Crippen MR) is 106 cm³/mol. The van der Waals surface area contributed by atoms with Gasteiger partial charge in [0.15, 0.2) is 10.8 Å². The summed E-state index contributed by atoms with van der Waals surface area (Å²) in [7, 11) is 0. The maximum atomic E-state index is 12.1. The third kappa shape index (κ3) is 4.46. The Morgan fingerprint density at radius 3 is 2.93 bits per heavy atom. The molecule has 144 valence electrons. The van der Waals surface area contributed by atoms with Gasteiger partial charge < -0.3 is 14.5 Å². The zero-order chi connectivity index (χ0) is 20.3. The average molecular weight is 467 g/mol. The van der Waals surface area contributed by atoms with Crippen molar-refractivity contribution in [3.05, 3.63) is 78.8 Å². The standard InChI is InChI=1S/C17H13BrClN5O4/c1-10-15(19)16(24(26)27)22-23(10)9-13-5-6-14(28-13)17(25)21-20-8-11-3-2-4-12(18)7-11/h2-8H,9H2,1H3,(H,21,25)/b20-8-. The number of carbonyl (C=O) groups excluding carboxylic acids is 1. The van der Waals surface area contributed by atoms with Crippen LogP contribution in [-0.2, 0) is 6.54 Å². The van der Waals surface area contributed by atoms with Crippen LogP contribution in [0.2, 0.25) is 5.02 Å². The lowest BCUT2D eigenvalue weighted by Crippen LogP contribution is -2.16. The highest BCUT2D eigenvalue weighted by Gasteiger charge is 2.24. The topological polar surface area (TPSA) is 116 Å². The maximum absolute atomic E-state index is 12.1. The van der Waals surface area contributed by atoms with E-state index in [4.69, 9.17) is 16.0 Å². The number of furan rings is 1. The largest absolute Gasteiger partial charge is 0.454 e. The van der Waals surface area contributed by atoms with Gasteiger partial charge in [-0.05, 0) is 41.7 Å². The van der Waals surface area contributed by atoms with Crippen LogP contribution in [0.5, 0.6) is 0 Å². The second kappa shape index (κ2) is 8.36. The Bertz CT molecular complexity index is 1080. The summed E-state index contributed by atoms with van der Waals surface area (Å²) in [6.07, 6.45) is 1.50. The molecule has 1 amide bonds. The van der Waals surface area contributed by atoms with Crippen molar-refractivity contribution in [2.75, 3.05) is 0 Å². The van der Waals surface area contributed by atoms with E-state index in [1.54, 1.807) is 13.0 Å². The number of rotatable bonds is 6. The number of halogens is 2. The van der Waals surface area contributed by atoms with Gasteiger partial charge in [0, 0.05) is 4.47 Å². The molecule has 28 heavy (non-hydrogen) atoms. The molecular weight excluding hydrogens is 454 g/mol. The van der Waals surface area contributed by atoms with Gasteiger partial charge in [0.2, 0.25) is 0 Å². The summed E-state index contributed by atoms with van der Waals surface area (Å²) in [6.45, 7) is 1.70. The number of nitrogens with one attached hydrogen (secondary N) is 1. The Morgan fingerprint density at radius 2 is 2.25 bits per heavy atom. The number of nitrogens with zero attached hydrogens (tertiary/aromatic N) is 4. The third-order valence-electron chi connectivity index (χ3n) is 3.71. The second-order valence-corrected chi connectivity index (χ2v) is 6.95. The first-order chi connectivity index (χ1) is 13.3. The van der Waals surface area contributed by atoms with Crippen molar-refractivity contribution in [1.82, 2.24) is 15.2 Å². The second-order valence-electron chi connectivity index (χ2n) is 5.66. The highest BCUT2D eigenvalue weighted by molar-refractivity contribution is 9.10. The van der Waals surface area contributed by atoms with Crippen LogP contribution in [-0.4, -0.2) is 26.8 Å². The summed E-state index contributed by atoms with van der Waals surface area (Å²) >= 11 is 9.26. The number of hydrogen-bond donors (Lipinski definition) is 1. The predicted octanol–water partition coefficient (Wildman–Crippen LogP) is 3.92. The minimum atomic E-state index is -0.657. The molecule has 1 N–H and O–H groups in total. The zero-order valence-electron chi connectivity index (χ0n) is 14.4. The molecule has 11 heteroatoms. The zero-order valence-corrected chi connectivity index (χ0v) is 16.8. The minimum absolute atomic E-state index is 0.0311. The van der Waals surface area contributed by atoms with Gasteiger partial charge in [-0.3, -0.25) is 4.79 Å². The molecule has 0 saturated heterocycles. The normalized spacial score (nSPS) is 11.1. The van der Waals surface area contributed by atoms with Crippen LogP contribution in [0.4, 0.5) is 5.82 Å². The molecule has 2 aromatic heterocycles. The molecule has 0 radical (unpaired) electrons. The van der Waals surface area contributed by atoms with E-state index in [1.807, 2.05) is 24.3 Å². The van der Waals surface area contributed by atoms with E-state index in [1.165, 1.54) is 17.0 Å². The van der Waals surface area contributed by atoms with E-state index in [9.17, 15) is 14.9 Å². The fourth-order valence-corrected chi connectivity index (χ4v) is 2.94. The molecule has 0 atom stereocenters. The number of amides is 1. The smallest absolute Gasteiger partial charge is 0.408 e. The number of nitro groups is 1. The van der Waals surface area contributed by atoms with Gasteiger partial charge in [-0.2, -0.15) is 9.78 Å². The van der Waals surface area contributed by atoms with Crippen molar-refractivity contribution in [3.63, 3.8) is 0 Å². The minimum Gasteiger partial charge on any atom is -0.454 e. The summed E-state index contributed by atoms with van der Waals surface area (Å²) in [5, 5.41) is 18.6. The van der Waals surface area contributed by atoms with E-state index < -0.39 is 16.6 Å². The summed E-state index contributed by atoms with van der Waals surface area (Å²) in [5.41, 5.74) is 3.61. The molecule has 2 heterocycles. The van der Waals surface area contributed by atoms with Crippen LogP contribution in [0.3, 0.4) is 0 Å². The molecule has 1 aromatic carbocycles. The quantitative estimate of drug-likeness (QED) is 0.336. The Morgan fingerprint density at radius 1 is 1.46 bits per heavy atom. The number of benzene rings is 1. The summed E-state index contributed by atoms with van der Waals surface area (Å²) < 4.78 is 7.70. The average Bonchev–Trinajstić information content (AvgIpc) is 3.22. The van der Waals surface area contributed by atoms with Gasteiger partial charge in [0.1, 0.15) is 12.3 Å².